The first-order valence-corrected chi connectivity index (χ1v) is 9.31. The number of carbonyl (C=O) groups is 1. The summed E-state index contributed by atoms with van der Waals surface area (Å²) in [5, 5.41) is 10.0. The second-order valence-corrected chi connectivity index (χ2v) is 7.38. The highest BCUT2D eigenvalue weighted by molar-refractivity contribution is 7.99. The summed E-state index contributed by atoms with van der Waals surface area (Å²) in [6, 6.07) is 20.3. The molecule has 4 atom stereocenters. The van der Waals surface area contributed by atoms with Crippen molar-refractivity contribution in [3.63, 3.8) is 0 Å². The summed E-state index contributed by atoms with van der Waals surface area (Å²) in [5.74, 6) is 0.551. The normalized spacial score (nSPS) is 22.8. The molecule has 0 aromatic heterocycles. The highest BCUT2D eigenvalue weighted by Crippen LogP contribution is 2.39. The van der Waals surface area contributed by atoms with E-state index in [0.717, 1.165) is 11.3 Å². The highest BCUT2D eigenvalue weighted by atomic mass is 32.2. The Morgan fingerprint density at radius 3 is 2.21 bits per heavy atom. The number of amides is 1. The lowest BCUT2D eigenvalue weighted by Crippen LogP contribution is -2.65. The van der Waals surface area contributed by atoms with E-state index >= 15 is 0 Å². The summed E-state index contributed by atoms with van der Waals surface area (Å²) in [6.07, 6.45) is -0.613. The van der Waals surface area contributed by atoms with Crippen LogP contribution in [0.2, 0.25) is 0 Å². The van der Waals surface area contributed by atoms with Gasteiger partial charge in [0.1, 0.15) is 0 Å². The van der Waals surface area contributed by atoms with E-state index in [4.69, 9.17) is 0 Å². The van der Waals surface area contributed by atoms with Gasteiger partial charge in [-0.15, -0.1) is 11.8 Å². The van der Waals surface area contributed by atoms with E-state index in [0.29, 0.717) is 0 Å². The van der Waals surface area contributed by atoms with Crippen molar-refractivity contribution in [3.8, 4) is 0 Å². The van der Waals surface area contributed by atoms with Crippen molar-refractivity contribution in [1.82, 2.24) is 4.90 Å². The van der Waals surface area contributed by atoms with Crippen LogP contribution in [0.1, 0.15) is 25.5 Å². The minimum Gasteiger partial charge on any atom is -0.393 e. The van der Waals surface area contributed by atoms with E-state index in [1.807, 2.05) is 41.3 Å². The van der Waals surface area contributed by atoms with Crippen molar-refractivity contribution in [2.24, 2.45) is 5.92 Å². The van der Waals surface area contributed by atoms with Crippen LogP contribution in [-0.2, 0) is 4.79 Å². The third-order valence-electron chi connectivity index (χ3n) is 4.69. The summed E-state index contributed by atoms with van der Waals surface area (Å²) >= 11 is 1.74. The number of hydrogen-bond acceptors (Lipinski definition) is 3. The van der Waals surface area contributed by atoms with Crippen molar-refractivity contribution >= 4 is 17.7 Å². The summed E-state index contributed by atoms with van der Waals surface area (Å²) in [6.45, 7) is 3.78. The van der Waals surface area contributed by atoms with E-state index in [2.05, 4.69) is 31.2 Å². The standard InChI is InChI=1S/C20H23NO2S/c1-14(16-9-5-3-6-10-16)21-18(19(15(2)22)20(21)23)13-24-17-11-7-4-8-12-17/h3-12,14-15,18-19,22H,13H2,1-2H3/t14-,15+,18+,19+/m0/s1. The first kappa shape index (κ1) is 17.1. The van der Waals surface area contributed by atoms with Crippen LogP contribution >= 0.6 is 11.8 Å². The molecule has 2 aromatic carbocycles. The van der Waals surface area contributed by atoms with Crippen LogP contribution < -0.4 is 0 Å². The van der Waals surface area contributed by atoms with Gasteiger partial charge in [-0.05, 0) is 31.5 Å². The molecule has 0 aliphatic carbocycles. The van der Waals surface area contributed by atoms with Crippen LogP contribution in [0, 0.1) is 5.92 Å². The number of aliphatic hydroxyl groups is 1. The highest BCUT2D eigenvalue weighted by Gasteiger charge is 2.51. The number of carbonyl (C=O) groups excluding carboxylic acids is 1. The topological polar surface area (TPSA) is 40.5 Å². The van der Waals surface area contributed by atoms with Gasteiger partial charge < -0.3 is 10.0 Å². The van der Waals surface area contributed by atoms with Crippen LogP contribution in [0.4, 0.5) is 0 Å². The first-order valence-electron chi connectivity index (χ1n) is 8.32. The molecule has 2 aromatic rings. The van der Waals surface area contributed by atoms with Crippen LogP contribution in [0.25, 0.3) is 0 Å². The zero-order valence-electron chi connectivity index (χ0n) is 14.0. The molecular weight excluding hydrogens is 318 g/mol. The molecule has 0 radical (unpaired) electrons. The number of rotatable bonds is 6. The molecule has 0 saturated carbocycles. The van der Waals surface area contributed by atoms with Crippen LogP contribution in [0.15, 0.2) is 65.6 Å². The van der Waals surface area contributed by atoms with Crippen molar-refractivity contribution in [2.45, 2.75) is 36.9 Å². The SMILES string of the molecule is C[C@@H](O)[C@H]1C(=O)N([C@@H](C)c2ccccc2)[C@@H]1CSc1ccccc1. The third kappa shape index (κ3) is 3.35. The van der Waals surface area contributed by atoms with Crippen molar-refractivity contribution in [3.05, 3.63) is 66.2 Å². The number of hydrogen-bond donors (Lipinski definition) is 1. The van der Waals surface area contributed by atoms with Crippen LogP contribution in [-0.4, -0.2) is 33.8 Å². The minimum absolute atomic E-state index is 0.0232. The molecule has 24 heavy (non-hydrogen) atoms. The first-order chi connectivity index (χ1) is 11.6. The number of thioether (sulfide) groups is 1. The number of aliphatic hydroxyl groups excluding tert-OH is 1. The van der Waals surface area contributed by atoms with Gasteiger partial charge in [0.25, 0.3) is 0 Å². The largest absolute Gasteiger partial charge is 0.393 e. The molecule has 126 valence electrons. The lowest BCUT2D eigenvalue weighted by atomic mass is 9.82. The van der Waals surface area contributed by atoms with Gasteiger partial charge in [-0.1, -0.05) is 48.5 Å². The molecule has 0 unspecified atom stereocenters. The van der Waals surface area contributed by atoms with Gasteiger partial charge in [0.2, 0.25) is 5.91 Å². The maximum Gasteiger partial charge on any atom is 0.231 e. The zero-order valence-corrected chi connectivity index (χ0v) is 14.8. The number of likely N-dealkylation sites (tertiary alicyclic amines) is 1. The molecule has 3 rings (SSSR count). The van der Waals surface area contributed by atoms with E-state index in [1.54, 1.807) is 18.7 Å². The quantitative estimate of drug-likeness (QED) is 0.643. The lowest BCUT2D eigenvalue weighted by Gasteiger charge is -2.51. The molecular formula is C20H23NO2S. The van der Waals surface area contributed by atoms with Crippen molar-refractivity contribution in [2.75, 3.05) is 5.75 Å². The molecule has 3 nitrogen and oxygen atoms in total. The molecule has 1 saturated heterocycles. The van der Waals surface area contributed by atoms with Gasteiger partial charge >= 0.3 is 0 Å². The Hall–Kier alpha value is -1.78. The van der Waals surface area contributed by atoms with Gasteiger partial charge in [-0.3, -0.25) is 4.79 Å². The maximum absolute atomic E-state index is 12.6. The lowest BCUT2D eigenvalue weighted by molar-refractivity contribution is -0.166. The monoisotopic (exact) mass is 341 g/mol. The van der Waals surface area contributed by atoms with E-state index < -0.39 is 6.10 Å². The fourth-order valence-electron chi connectivity index (χ4n) is 3.37. The maximum atomic E-state index is 12.6. The summed E-state index contributed by atoms with van der Waals surface area (Å²) in [5.41, 5.74) is 1.13. The van der Waals surface area contributed by atoms with E-state index in [-0.39, 0.29) is 23.9 Å². The molecule has 1 aliphatic heterocycles. The van der Waals surface area contributed by atoms with Gasteiger partial charge in [-0.25, -0.2) is 0 Å². The summed E-state index contributed by atoms with van der Waals surface area (Å²) in [4.78, 5) is 15.7. The summed E-state index contributed by atoms with van der Waals surface area (Å²) in [7, 11) is 0. The number of benzene rings is 2. The average molecular weight is 341 g/mol. The smallest absolute Gasteiger partial charge is 0.231 e. The molecule has 1 aliphatic rings. The van der Waals surface area contributed by atoms with Crippen LogP contribution in [0.5, 0.6) is 0 Å². The van der Waals surface area contributed by atoms with Crippen LogP contribution in [0.3, 0.4) is 0 Å². The Kier molecular flexibility index (Phi) is 5.27. The minimum atomic E-state index is -0.613. The predicted molar refractivity (Wildman–Crippen MR) is 97.8 cm³/mol. The second kappa shape index (κ2) is 7.41. The number of β-lactam (4-membered cyclic amide) rings is 1. The Labute approximate surface area is 147 Å². The molecule has 1 N–H and O–H groups in total. The zero-order chi connectivity index (χ0) is 17.1. The van der Waals surface area contributed by atoms with Crippen molar-refractivity contribution in [1.29, 1.82) is 0 Å². The molecule has 0 bridgehead atoms. The predicted octanol–water partition coefficient (Wildman–Crippen LogP) is 3.75. The second-order valence-electron chi connectivity index (χ2n) is 6.29. The fourth-order valence-corrected chi connectivity index (χ4v) is 4.45. The third-order valence-corrected chi connectivity index (χ3v) is 5.81. The Morgan fingerprint density at radius 2 is 1.62 bits per heavy atom. The molecule has 1 heterocycles. The van der Waals surface area contributed by atoms with E-state index in [9.17, 15) is 9.90 Å². The average Bonchev–Trinajstić information content (AvgIpc) is 2.59. The van der Waals surface area contributed by atoms with Gasteiger partial charge in [0, 0.05) is 10.6 Å². The van der Waals surface area contributed by atoms with E-state index in [1.165, 1.54) is 4.90 Å². The number of nitrogens with zero attached hydrogens (tertiary/aromatic N) is 1. The van der Waals surface area contributed by atoms with Gasteiger partial charge in [-0.2, -0.15) is 0 Å². The van der Waals surface area contributed by atoms with Gasteiger partial charge in [0.05, 0.1) is 24.1 Å². The molecule has 4 heteroatoms. The Bertz CT molecular complexity index is 675. The molecule has 1 amide bonds. The van der Waals surface area contributed by atoms with Gasteiger partial charge in [0.15, 0.2) is 0 Å². The molecule has 0 spiro atoms. The summed E-state index contributed by atoms with van der Waals surface area (Å²) < 4.78 is 0. The van der Waals surface area contributed by atoms with Crippen molar-refractivity contribution < 1.29 is 9.90 Å². The fraction of sp³-hybridized carbons (Fsp3) is 0.350. The Balaban J connectivity index is 1.75. The molecule has 1 fully saturated rings. The Morgan fingerprint density at radius 1 is 1.04 bits per heavy atom.